The zero-order valence-electron chi connectivity index (χ0n) is 16.9. The van der Waals surface area contributed by atoms with Gasteiger partial charge in [0.25, 0.3) is 0 Å². The summed E-state index contributed by atoms with van der Waals surface area (Å²) in [4.78, 5) is 24.1. The van der Waals surface area contributed by atoms with Crippen LogP contribution in [0.2, 0.25) is 0 Å². The lowest BCUT2D eigenvalue weighted by Crippen LogP contribution is -2.17. The average molecular weight is 444 g/mol. The number of hydrogen-bond donors (Lipinski definition) is 2. The molecule has 8 nitrogen and oxygen atoms in total. The fourth-order valence-corrected chi connectivity index (χ4v) is 3.68. The zero-order valence-corrected chi connectivity index (χ0v) is 16.9. The second kappa shape index (κ2) is 8.45. The molecule has 32 heavy (non-hydrogen) atoms. The Morgan fingerprint density at radius 2 is 1.94 bits per heavy atom. The van der Waals surface area contributed by atoms with Gasteiger partial charge in [-0.25, -0.2) is 9.78 Å². The Labute approximate surface area is 180 Å². The SMILES string of the molecule is N#Cc1nc(NCCC2CCC2)c2c(n1)nc(C(=O)O)n2Cc1ccc(C(F)(F)F)cc1. The van der Waals surface area contributed by atoms with Crippen molar-refractivity contribution in [2.45, 2.75) is 38.4 Å². The van der Waals surface area contributed by atoms with Crippen molar-refractivity contribution in [3.05, 3.63) is 47.0 Å². The van der Waals surface area contributed by atoms with E-state index in [9.17, 15) is 28.3 Å². The van der Waals surface area contributed by atoms with Gasteiger partial charge in [-0.15, -0.1) is 0 Å². The monoisotopic (exact) mass is 444 g/mol. The van der Waals surface area contributed by atoms with E-state index in [2.05, 4.69) is 20.3 Å². The molecule has 3 aromatic rings. The zero-order chi connectivity index (χ0) is 22.9. The van der Waals surface area contributed by atoms with Crippen LogP contribution in [0.1, 0.15) is 53.3 Å². The van der Waals surface area contributed by atoms with Gasteiger partial charge in [0.1, 0.15) is 11.6 Å². The molecular weight excluding hydrogens is 425 g/mol. The number of aromatic carboxylic acids is 1. The second-order valence-corrected chi connectivity index (χ2v) is 7.71. The number of nitriles is 1. The highest BCUT2D eigenvalue weighted by molar-refractivity contribution is 5.92. The van der Waals surface area contributed by atoms with Crippen molar-refractivity contribution >= 4 is 23.0 Å². The molecule has 4 rings (SSSR count). The molecule has 0 radical (unpaired) electrons. The number of nitrogens with one attached hydrogen (secondary N) is 1. The highest BCUT2D eigenvalue weighted by Gasteiger charge is 2.30. The minimum absolute atomic E-state index is 0.0343. The molecule has 0 amide bonds. The normalized spacial score (nSPS) is 14.2. The minimum Gasteiger partial charge on any atom is -0.475 e. The summed E-state index contributed by atoms with van der Waals surface area (Å²) in [7, 11) is 0. The highest BCUT2D eigenvalue weighted by atomic mass is 19.4. The van der Waals surface area contributed by atoms with Crippen LogP contribution in [0.4, 0.5) is 19.0 Å². The molecule has 1 aliphatic rings. The van der Waals surface area contributed by atoms with Gasteiger partial charge in [-0.3, -0.25) is 0 Å². The highest BCUT2D eigenvalue weighted by Crippen LogP contribution is 2.31. The van der Waals surface area contributed by atoms with Crippen LogP contribution >= 0.6 is 0 Å². The van der Waals surface area contributed by atoms with Gasteiger partial charge in [0, 0.05) is 6.54 Å². The Bertz CT molecular complexity index is 1190. The largest absolute Gasteiger partial charge is 0.475 e. The number of rotatable bonds is 7. The van der Waals surface area contributed by atoms with Crippen molar-refractivity contribution in [2.75, 3.05) is 11.9 Å². The summed E-state index contributed by atoms with van der Waals surface area (Å²) in [5, 5.41) is 22.0. The molecule has 1 fully saturated rings. The summed E-state index contributed by atoms with van der Waals surface area (Å²) in [5.41, 5.74) is -0.0259. The van der Waals surface area contributed by atoms with Crippen LogP contribution in [0.15, 0.2) is 24.3 Å². The van der Waals surface area contributed by atoms with Gasteiger partial charge >= 0.3 is 12.1 Å². The Balaban J connectivity index is 1.72. The average Bonchev–Trinajstić information content (AvgIpc) is 3.08. The number of benzene rings is 1. The van der Waals surface area contributed by atoms with Crippen LogP contribution in [0.5, 0.6) is 0 Å². The predicted molar refractivity (Wildman–Crippen MR) is 108 cm³/mol. The van der Waals surface area contributed by atoms with Crippen molar-refractivity contribution in [3.8, 4) is 6.07 Å². The Morgan fingerprint density at radius 1 is 1.22 bits per heavy atom. The van der Waals surface area contributed by atoms with E-state index in [1.54, 1.807) is 0 Å². The fourth-order valence-electron chi connectivity index (χ4n) is 3.68. The van der Waals surface area contributed by atoms with Crippen molar-refractivity contribution < 1.29 is 23.1 Å². The maximum atomic E-state index is 12.9. The molecule has 1 saturated carbocycles. The lowest BCUT2D eigenvalue weighted by molar-refractivity contribution is -0.137. The van der Waals surface area contributed by atoms with Crippen LogP contribution in [0.3, 0.4) is 0 Å². The van der Waals surface area contributed by atoms with Gasteiger partial charge in [-0.2, -0.15) is 28.4 Å². The molecule has 0 bridgehead atoms. The maximum absolute atomic E-state index is 12.9. The Morgan fingerprint density at radius 3 is 2.50 bits per heavy atom. The van der Waals surface area contributed by atoms with Gasteiger partial charge in [0.05, 0.1) is 12.1 Å². The number of aromatic nitrogens is 4. The first-order valence-electron chi connectivity index (χ1n) is 10.1. The summed E-state index contributed by atoms with van der Waals surface area (Å²) in [5.74, 6) is -0.917. The predicted octanol–water partition coefficient (Wildman–Crippen LogP) is 4.07. The van der Waals surface area contributed by atoms with Crippen molar-refractivity contribution in [1.82, 2.24) is 19.5 Å². The summed E-state index contributed by atoms with van der Waals surface area (Å²) in [6.07, 6.45) is -0.0146. The number of imidazole rings is 1. The van der Waals surface area contributed by atoms with E-state index < -0.39 is 17.7 Å². The standard InChI is InChI=1S/C21H19F3N6O2/c22-21(23,24)14-6-4-13(5-7-14)11-30-16-17(26-9-8-12-2-1-3-12)27-15(10-25)28-18(16)29-19(30)20(31)32/h4-7,12H,1-3,8-9,11H2,(H,31,32)(H,26,27,28). The molecule has 11 heteroatoms. The first-order valence-corrected chi connectivity index (χ1v) is 10.1. The van der Waals surface area contributed by atoms with Crippen molar-refractivity contribution in [1.29, 1.82) is 5.26 Å². The number of anilines is 1. The maximum Gasteiger partial charge on any atom is 0.416 e. The number of nitrogens with zero attached hydrogens (tertiary/aromatic N) is 5. The lowest BCUT2D eigenvalue weighted by atomic mass is 9.83. The summed E-state index contributed by atoms with van der Waals surface area (Å²) in [6, 6.07) is 6.30. The Kier molecular flexibility index (Phi) is 5.69. The molecule has 0 unspecified atom stereocenters. The third-order valence-electron chi connectivity index (χ3n) is 5.59. The van der Waals surface area contributed by atoms with E-state index in [0.29, 0.717) is 18.0 Å². The first kappa shape index (κ1) is 21.5. The molecule has 0 saturated heterocycles. The number of fused-ring (bicyclic) bond motifs is 1. The molecular formula is C21H19F3N6O2. The molecule has 0 atom stereocenters. The van der Waals surface area contributed by atoms with Gasteiger partial charge in [-0.05, 0) is 30.0 Å². The Hall–Kier alpha value is -3.68. The summed E-state index contributed by atoms with van der Waals surface area (Å²) in [6.45, 7) is 0.526. The molecule has 2 N–H and O–H groups in total. The molecule has 0 aliphatic heterocycles. The molecule has 2 heterocycles. The first-order chi connectivity index (χ1) is 15.3. The van der Waals surface area contributed by atoms with E-state index in [1.807, 2.05) is 6.07 Å². The van der Waals surface area contributed by atoms with E-state index in [0.717, 1.165) is 18.6 Å². The number of carboxylic acid groups (broad SMARTS) is 1. The quantitative estimate of drug-likeness (QED) is 0.564. The van der Waals surface area contributed by atoms with E-state index in [-0.39, 0.29) is 35.2 Å². The van der Waals surface area contributed by atoms with Crippen molar-refractivity contribution in [2.24, 2.45) is 5.92 Å². The fraction of sp³-hybridized carbons (Fsp3) is 0.381. The molecule has 166 valence electrons. The smallest absolute Gasteiger partial charge is 0.416 e. The van der Waals surface area contributed by atoms with E-state index in [1.165, 1.54) is 36.0 Å². The van der Waals surface area contributed by atoms with Crippen LogP contribution in [0, 0.1) is 17.2 Å². The molecule has 1 aliphatic carbocycles. The topological polar surface area (TPSA) is 117 Å². The van der Waals surface area contributed by atoms with Gasteiger partial charge < -0.3 is 15.0 Å². The van der Waals surface area contributed by atoms with Crippen LogP contribution in [-0.2, 0) is 12.7 Å². The van der Waals surface area contributed by atoms with Crippen LogP contribution in [-0.4, -0.2) is 37.1 Å². The lowest BCUT2D eigenvalue weighted by Gasteiger charge is -2.25. The van der Waals surface area contributed by atoms with E-state index >= 15 is 0 Å². The minimum atomic E-state index is -4.47. The number of carboxylic acids is 1. The number of alkyl halides is 3. The summed E-state index contributed by atoms with van der Waals surface area (Å²) >= 11 is 0. The van der Waals surface area contributed by atoms with E-state index in [4.69, 9.17) is 0 Å². The summed E-state index contributed by atoms with van der Waals surface area (Å²) < 4.78 is 39.9. The van der Waals surface area contributed by atoms with Gasteiger partial charge in [0.2, 0.25) is 11.6 Å². The van der Waals surface area contributed by atoms with Crippen LogP contribution in [0.25, 0.3) is 11.2 Å². The molecule has 1 aromatic carbocycles. The number of hydrogen-bond acceptors (Lipinski definition) is 6. The van der Waals surface area contributed by atoms with Gasteiger partial charge in [0.15, 0.2) is 11.5 Å². The van der Waals surface area contributed by atoms with Crippen molar-refractivity contribution in [3.63, 3.8) is 0 Å². The van der Waals surface area contributed by atoms with Crippen LogP contribution < -0.4 is 5.32 Å². The number of halogens is 3. The molecule has 0 spiro atoms. The third-order valence-corrected chi connectivity index (χ3v) is 5.59. The molecule has 2 aromatic heterocycles. The van der Waals surface area contributed by atoms with Gasteiger partial charge in [-0.1, -0.05) is 31.4 Å². The second-order valence-electron chi connectivity index (χ2n) is 7.71. The third kappa shape index (κ3) is 4.34. The number of carbonyl (C=O) groups is 1.